The van der Waals surface area contributed by atoms with E-state index in [0.29, 0.717) is 0 Å². The Morgan fingerprint density at radius 2 is 1.18 bits per heavy atom. The van der Waals surface area contributed by atoms with Crippen molar-refractivity contribution in [1.29, 1.82) is 0 Å². The molecule has 2 atom stereocenters. The van der Waals surface area contributed by atoms with Gasteiger partial charge in [-0.25, -0.2) is 9.59 Å². The van der Waals surface area contributed by atoms with Crippen molar-refractivity contribution in [2.24, 2.45) is 0 Å². The van der Waals surface area contributed by atoms with Crippen molar-refractivity contribution >= 4 is 18.0 Å². The number of carboxylic acid groups (broad SMARTS) is 1. The minimum Gasteiger partial charge on any atom is -0.480 e. The number of ether oxygens (including phenoxy) is 3. The first-order valence-corrected chi connectivity index (χ1v) is 9.20. The fourth-order valence-corrected chi connectivity index (χ4v) is 1.75. The van der Waals surface area contributed by atoms with Gasteiger partial charge in [-0.1, -0.05) is 0 Å². The average Bonchev–Trinajstić information content (AvgIpc) is 2.43. The molecule has 28 heavy (non-hydrogen) atoms. The molecule has 0 rings (SSSR count). The van der Waals surface area contributed by atoms with E-state index in [4.69, 9.17) is 14.2 Å². The molecule has 0 aliphatic heterocycles. The van der Waals surface area contributed by atoms with E-state index in [0.717, 1.165) is 0 Å². The second kappa shape index (κ2) is 10.1. The van der Waals surface area contributed by atoms with Gasteiger partial charge in [0.1, 0.15) is 11.6 Å². The summed E-state index contributed by atoms with van der Waals surface area (Å²) >= 11 is 0. The van der Waals surface area contributed by atoms with Gasteiger partial charge in [-0.05, 0) is 62.3 Å². The first-order chi connectivity index (χ1) is 12.4. The molecular formula is C19H36N2O7. The zero-order valence-electron chi connectivity index (χ0n) is 18.5. The molecule has 0 aromatic heterocycles. The molecule has 3 N–H and O–H groups in total. The number of hydrogen-bond acceptors (Lipinski definition) is 6. The number of nitrogens with one attached hydrogen (secondary N) is 2. The van der Waals surface area contributed by atoms with E-state index in [1.54, 1.807) is 62.3 Å². The van der Waals surface area contributed by atoms with Crippen LogP contribution in [0, 0.1) is 0 Å². The number of carbonyl (C=O) groups is 3. The smallest absolute Gasteiger partial charge is 0.408 e. The Kier molecular flexibility index (Phi) is 9.39. The average molecular weight is 405 g/mol. The summed E-state index contributed by atoms with van der Waals surface area (Å²) in [4.78, 5) is 36.1. The van der Waals surface area contributed by atoms with Gasteiger partial charge in [0.2, 0.25) is 5.91 Å². The topological polar surface area (TPSA) is 123 Å². The van der Waals surface area contributed by atoms with Gasteiger partial charge in [-0.3, -0.25) is 4.79 Å². The number of hydrogen-bond donors (Lipinski definition) is 3. The fraction of sp³-hybridized carbons (Fsp3) is 0.842. The Bertz CT molecular complexity index is 542. The predicted molar refractivity (Wildman–Crippen MR) is 104 cm³/mol. The third-order valence-electron chi connectivity index (χ3n) is 2.99. The first kappa shape index (κ1) is 26.1. The summed E-state index contributed by atoms with van der Waals surface area (Å²) < 4.78 is 16.2. The van der Waals surface area contributed by atoms with Crippen LogP contribution in [-0.2, 0) is 23.8 Å². The van der Waals surface area contributed by atoms with Crippen molar-refractivity contribution in [2.75, 3.05) is 13.2 Å². The number of carbonyl (C=O) groups excluding carboxylic acids is 2. The van der Waals surface area contributed by atoms with Crippen LogP contribution in [0.4, 0.5) is 4.79 Å². The molecule has 0 bridgehead atoms. The van der Waals surface area contributed by atoms with Gasteiger partial charge in [0.15, 0.2) is 6.04 Å². The zero-order valence-corrected chi connectivity index (χ0v) is 18.5. The molecule has 0 aliphatic rings. The Hall–Kier alpha value is -1.87. The minimum absolute atomic E-state index is 0.152. The normalized spacial score (nSPS) is 14.8. The highest BCUT2D eigenvalue weighted by Gasteiger charge is 2.30. The highest BCUT2D eigenvalue weighted by Crippen LogP contribution is 2.10. The van der Waals surface area contributed by atoms with E-state index in [1.165, 1.54) is 0 Å². The fourth-order valence-electron chi connectivity index (χ4n) is 1.75. The summed E-state index contributed by atoms with van der Waals surface area (Å²) in [5.74, 6) is -1.95. The minimum atomic E-state index is -1.27. The van der Waals surface area contributed by atoms with Crippen LogP contribution in [0.25, 0.3) is 0 Å². The quantitative estimate of drug-likeness (QED) is 0.566. The molecule has 2 amide bonds. The van der Waals surface area contributed by atoms with Crippen LogP contribution in [0.3, 0.4) is 0 Å². The van der Waals surface area contributed by atoms with Crippen molar-refractivity contribution in [3.8, 4) is 0 Å². The SMILES string of the molecule is CC(C)(C)OC[C@H](NC(=O)[C@H](COC(C)(C)C)NC(=O)OC(C)(C)C)C(=O)O. The monoisotopic (exact) mass is 404 g/mol. The van der Waals surface area contributed by atoms with Gasteiger partial charge in [-0.2, -0.15) is 0 Å². The maximum absolute atomic E-state index is 12.6. The highest BCUT2D eigenvalue weighted by molar-refractivity contribution is 5.89. The van der Waals surface area contributed by atoms with Crippen LogP contribution in [0.1, 0.15) is 62.3 Å². The molecule has 0 spiro atoms. The van der Waals surface area contributed by atoms with E-state index in [-0.39, 0.29) is 13.2 Å². The van der Waals surface area contributed by atoms with Crippen molar-refractivity contribution in [3.63, 3.8) is 0 Å². The van der Waals surface area contributed by atoms with E-state index in [9.17, 15) is 19.5 Å². The molecule has 0 aromatic rings. The molecule has 9 nitrogen and oxygen atoms in total. The maximum Gasteiger partial charge on any atom is 0.408 e. The lowest BCUT2D eigenvalue weighted by Crippen LogP contribution is -2.56. The van der Waals surface area contributed by atoms with Crippen molar-refractivity contribution in [2.45, 2.75) is 91.2 Å². The number of amides is 2. The Morgan fingerprint density at radius 3 is 1.54 bits per heavy atom. The number of alkyl carbamates (subject to hydrolysis) is 1. The molecule has 0 saturated carbocycles. The summed E-state index contributed by atoms with van der Waals surface area (Å²) in [6.45, 7) is 15.4. The molecule has 164 valence electrons. The molecule has 0 unspecified atom stereocenters. The van der Waals surface area contributed by atoms with E-state index in [2.05, 4.69) is 10.6 Å². The third-order valence-corrected chi connectivity index (χ3v) is 2.99. The summed E-state index contributed by atoms with van der Waals surface area (Å²) in [6.07, 6.45) is -0.803. The summed E-state index contributed by atoms with van der Waals surface area (Å²) in [6, 6.07) is -2.41. The molecule has 0 radical (unpaired) electrons. The summed E-state index contributed by atoms with van der Waals surface area (Å²) in [5.41, 5.74) is -1.88. The van der Waals surface area contributed by atoms with E-state index < -0.39 is 46.9 Å². The van der Waals surface area contributed by atoms with Crippen LogP contribution in [0.2, 0.25) is 0 Å². The molecule has 0 saturated heterocycles. The van der Waals surface area contributed by atoms with Crippen LogP contribution < -0.4 is 10.6 Å². The van der Waals surface area contributed by atoms with E-state index >= 15 is 0 Å². The molecule has 0 fully saturated rings. The van der Waals surface area contributed by atoms with Gasteiger partial charge in [-0.15, -0.1) is 0 Å². The number of carboxylic acids is 1. The predicted octanol–water partition coefficient (Wildman–Crippen LogP) is 2.08. The second-order valence-electron chi connectivity index (χ2n) is 9.44. The molecule has 0 aliphatic carbocycles. The molecule has 9 heteroatoms. The maximum atomic E-state index is 12.6. The van der Waals surface area contributed by atoms with Gasteiger partial charge < -0.3 is 30.0 Å². The van der Waals surface area contributed by atoms with Crippen molar-refractivity contribution in [1.82, 2.24) is 10.6 Å². The van der Waals surface area contributed by atoms with Gasteiger partial charge in [0, 0.05) is 0 Å². The zero-order chi connectivity index (χ0) is 22.3. The third kappa shape index (κ3) is 13.3. The van der Waals surface area contributed by atoms with Crippen molar-refractivity contribution in [3.05, 3.63) is 0 Å². The van der Waals surface area contributed by atoms with Crippen molar-refractivity contribution < 1.29 is 33.7 Å². The molecule has 0 heterocycles. The Balaban J connectivity index is 5.18. The lowest BCUT2D eigenvalue weighted by atomic mass is 10.1. The van der Waals surface area contributed by atoms with Crippen LogP contribution >= 0.6 is 0 Å². The second-order valence-corrected chi connectivity index (χ2v) is 9.44. The van der Waals surface area contributed by atoms with E-state index in [1.807, 2.05) is 0 Å². The Morgan fingerprint density at radius 1 is 0.750 bits per heavy atom. The van der Waals surface area contributed by atoms with Gasteiger partial charge in [0.05, 0.1) is 24.4 Å². The number of aliphatic carboxylic acids is 1. The summed E-state index contributed by atoms with van der Waals surface area (Å²) in [5, 5.41) is 14.2. The highest BCUT2D eigenvalue weighted by atomic mass is 16.6. The Labute approximate surface area is 167 Å². The lowest BCUT2D eigenvalue weighted by molar-refractivity contribution is -0.146. The largest absolute Gasteiger partial charge is 0.480 e. The molecular weight excluding hydrogens is 368 g/mol. The molecule has 0 aromatic carbocycles. The van der Waals surface area contributed by atoms with Crippen LogP contribution in [-0.4, -0.2) is 65.2 Å². The summed E-state index contributed by atoms with van der Waals surface area (Å²) in [7, 11) is 0. The van der Waals surface area contributed by atoms with Crippen LogP contribution in [0.15, 0.2) is 0 Å². The standard InChI is InChI=1S/C19H36N2O7/c1-17(2,3)26-10-12(21-16(25)28-19(7,8)9)14(22)20-13(15(23)24)11-27-18(4,5)6/h12-13H,10-11H2,1-9H3,(H,20,22)(H,21,25)(H,23,24)/t12-,13-/m0/s1. The number of rotatable bonds is 8. The first-order valence-electron chi connectivity index (χ1n) is 9.20. The van der Waals surface area contributed by atoms with Gasteiger partial charge in [0.25, 0.3) is 0 Å². The lowest BCUT2D eigenvalue weighted by Gasteiger charge is -2.28. The van der Waals surface area contributed by atoms with Crippen LogP contribution in [0.5, 0.6) is 0 Å². The van der Waals surface area contributed by atoms with Gasteiger partial charge >= 0.3 is 12.1 Å².